The van der Waals surface area contributed by atoms with Gasteiger partial charge in [-0.15, -0.1) is 0 Å². The summed E-state index contributed by atoms with van der Waals surface area (Å²) in [5.74, 6) is 0.934. The number of hydrogen-bond donors (Lipinski definition) is 1. The summed E-state index contributed by atoms with van der Waals surface area (Å²) in [7, 11) is 0. The minimum atomic E-state index is -0.234. The molecule has 1 saturated carbocycles. The van der Waals surface area contributed by atoms with Gasteiger partial charge in [-0.3, -0.25) is 4.90 Å². The van der Waals surface area contributed by atoms with Gasteiger partial charge in [0.15, 0.2) is 0 Å². The Balaban J connectivity index is 1.69. The number of nitrogens with zero attached hydrogens (tertiary/aromatic N) is 1. The average molecular weight is 272 g/mol. The molecule has 3 rings (SSSR count). The molecule has 110 valence electrons. The number of hydrogen-bond acceptors (Lipinski definition) is 2. The fraction of sp³-hybridized carbons (Fsp3) is 0.667. The van der Waals surface area contributed by atoms with Crippen molar-refractivity contribution in [2.24, 2.45) is 11.7 Å². The van der Waals surface area contributed by atoms with Gasteiger partial charge in [-0.25, -0.2) is 0 Å². The highest BCUT2D eigenvalue weighted by molar-refractivity contribution is 5.23. The van der Waals surface area contributed by atoms with Gasteiger partial charge in [0, 0.05) is 12.6 Å². The summed E-state index contributed by atoms with van der Waals surface area (Å²) in [5, 5.41) is 0. The molecule has 0 amide bonds. The van der Waals surface area contributed by atoms with E-state index in [9.17, 15) is 0 Å². The van der Waals surface area contributed by atoms with Gasteiger partial charge in [0.25, 0.3) is 0 Å². The summed E-state index contributed by atoms with van der Waals surface area (Å²) in [6.45, 7) is 4.42. The van der Waals surface area contributed by atoms with Crippen LogP contribution in [0.3, 0.4) is 0 Å². The fourth-order valence-corrected chi connectivity index (χ4v) is 4.26. The van der Waals surface area contributed by atoms with E-state index in [-0.39, 0.29) is 5.54 Å². The van der Waals surface area contributed by atoms with Gasteiger partial charge >= 0.3 is 0 Å². The normalized spacial score (nSPS) is 27.8. The van der Waals surface area contributed by atoms with Crippen LogP contribution in [0, 0.1) is 5.92 Å². The molecule has 2 aliphatic rings. The maximum atomic E-state index is 6.64. The van der Waals surface area contributed by atoms with E-state index in [4.69, 9.17) is 5.73 Å². The standard InChI is InChI=1S/C18H28N2/c1-18(19,16-10-3-2-4-11-16)14-20-13-7-12-17(20)15-8-5-6-9-15/h2-4,10-11,15,17H,5-9,12-14,19H2,1H3. The van der Waals surface area contributed by atoms with Crippen molar-refractivity contribution in [3.63, 3.8) is 0 Å². The second-order valence-corrected chi connectivity index (χ2v) is 7.01. The van der Waals surface area contributed by atoms with Crippen LogP contribution < -0.4 is 5.73 Å². The van der Waals surface area contributed by atoms with Crippen LogP contribution in [0.5, 0.6) is 0 Å². The molecule has 2 nitrogen and oxygen atoms in total. The van der Waals surface area contributed by atoms with E-state index < -0.39 is 0 Å². The Hall–Kier alpha value is -0.860. The third-order valence-electron chi connectivity index (χ3n) is 5.32. The highest BCUT2D eigenvalue weighted by Gasteiger charge is 2.36. The molecular weight excluding hydrogens is 244 g/mol. The van der Waals surface area contributed by atoms with Crippen LogP contribution >= 0.6 is 0 Å². The van der Waals surface area contributed by atoms with E-state index in [1.54, 1.807) is 0 Å². The van der Waals surface area contributed by atoms with Crippen molar-refractivity contribution in [3.05, 3.63) is 35.9 Å². The lowest BCUT2D eigenvalue weighted by Crippen LogP contribution is -2.48. The SMILES string of the molecule is CC(N)(CN1CCCC1C1CCCC1)c1ccccc1. The molecule has 2 unspecified atom stereocenters. The maximum Gasteiger partial charge on any atom is 0.0510 e. The Morgan fingerprint density at radius 3 is 2.50 bits per heavy atom. The first-order valence-electron chi connectivity index (χ1n) is 8.25. The summed E-state index contributed by atoms with van der Waals surface area (Å²) < 4.78 is 0. The summed E-state index contributed by atoms with van der Waals surface area (Å²) >= 11 is 0. The highest BCUT2D eigenvalue weighted by atomic mass is 15.2. The van der Waals surface area contributed by atoms with Crippen LogP contribution in [-0.4, -0.2) is 24.0 Å². The number of benzene rings is 1. The average Bonchev–Trinajstić information content (AvgIpc) is 3.10. The maximum absolute atomic E-state index is 6.64. The van der Waals surface area contributed by atoms with E-state index in [1.165, 1.54) is 50.6 Å². The predicted octanol–water partition coefficient (Wildman–Crippen LogP) is 3.52. The largest absolute Gasteiger partial charge is 0.321 e. The van der Waals surface area contributed by atoms with Crippen molar-refractivity contribution < 1.29 is 0 Å². The predicted molar refractivity (Wildman–Crippen MR) is 84.5 cm³/mol. The Kier molecular flexibility index (Phi) is 4.13. The lowest BCUT2D eigenvalue weighted by Gasteiger charge is -2.36. The van der Waals surface area contributed by atoms with Gasteiger partial charge in [0.2, 0.25) is 0 Å². The molecule has 2 fully saturated rings. The summed E-state index contributed by atoms with van der Waals surface area (Å²) in [4.78, 5) is 2.68. The summed E-state index contributed by atoms with van der Waals surface area (Å²) in [6.07, 6.45) is 8.49. The van der Waals surface area contributed by atoms with E-state index in [1.807, 2.05) is 0 Å². The zero-order valence-corrected chi connectivity index (χ0v) is 12.7. The molecule has 1 heterocycles. The smallest absolute Gasteiger partial charge is 0.0510 e. The van der Waals surface area contributed by atoms with Crippen molar-refractivity contribution in [1.82, 2.24) is 4.90 Å². The van der Waals surface area contributed by atoms with Crippen LogP contribution in [0.15, 0.2) is 30.3 Å². The first-order valence-corrected chi connectivity index (χ1v) is 8.25. The van der Waals surface area contributed by atoms with Crippen molar-refractivity contribution in [3.8, 4) is 0 Å². The molecular formula is C18H28N2. The van der Waals surface area contributed by atoms with E-state index in [0.29, 0.717) is 0 Å². The number of nitrogens with two attached hydrogens (primary N) is 1. The molecule has 2 heteroatoms. The molecule has 2 atom stereocenters. The second-order valence-electron chi connectivity index (χ2n) is 7.01. The molecule has 20 heavy (non-hydrogen) atoms. The molecule has 0 radical (unpaired) electrons. The third kappa shape index (κ3) is 2.91. The van der Waals surface area contributed by atoms with Crippen LogP contribution in [0.2, 0.25) is 0 Å². The number of likely N-dealkylation sites (tertiary alicyclic amines) is 1. The minimum Gasteiger partial charge on any atom is -0.321 e. The summed E-state index contributed by atoms with van der Waals surface area (Å²) in [6, 6.07) is 11.4. The van der Waals surface area contributed by atoms with Crippen LogP contribution in [0.4, 0.5) is 0 Å². The minimum absolute atomic E-state index is 0.234. The second kappa shape index (κ2) is 5.87. The lowest BCUT2D eigenvalue weighted by atomic mass is 9.90. The van der Waals surface area contributed by atoms with Crippen molar-refractivity contribution in [1.29, 1.82) is 0 Å². The van der Waals surface area contributed by atoms with Crippen molar-refractivity contribution >= 4 is 0 Å². The first-order chi connectivity index (χ1) is 9.67. The van der Waals surface area contributed by atoms with Crippen molar-refractivity contribution in [2.75, 3.05) is 13.1 Å². The summed E-state index contributed by atoms with van der Waals surface area (Å²) in [5.41, 5.74) is 7.66. The zero-order valence-electron chi connectivity index (χ0n) is 12.7. The van der Waals surface area contributed by atoms with Gasteiger partial charge in [-0.1, -0.05) is 43.2 Å². The highest BCUT2D eigenvalue weighted by Crippen LogP contribution is 2.36. The Labute approximate surface area is 123 Å². The van der Waals surface area contributed by atoms with Gasteiger partial charge < -0.3 is 5.73 Å². The van der Waals surface area contributed by atoms with Crippen molar-refractivity contribution in [2.45, 2.75) is 57.0 Å². The first kappa shape index (κ1) is 14.1. The Morgan fingerprint density at radius 2 is 1.80 bits per heavy atom. The van der Waals surface area contributed by atoms with E-state index in [0.717, 1.165) is 18.5 Å². The van der Waals surface area contributed by atoms with Gasteiger partial charge in [-0.2, -0.15) is 0 Å². The molecule has 0 bridgehead atoms. The van der Waals surface area contributed by atoms with Gasteiger partial charge in [0.05, 0.1) is 5.54 Å². The molecule has 1 aromatic rings. The molecule has 1 aromatic carbocycles. The van der Waals surface area contributed by atoms with Gasteiger partial charge in [0.1, 0.15) is 0 Å². The molecule has 1 aliphatic heterocycles. The van der Waals surface area contributed by atoms with Crippen LogP contribution in [0.25, 0.3) is 0 Å². The van der Waals surface area contributed by atoms with E-state index >= 15 is 0 Å². The van der Waals surface area contributed by atoms with Crippen LogP contribution in [0.1, 0.15) is 51.0 Å². The molecule has 2 N–H and O–H groups in total. The topological polar surface area (TPSA) is 29.3 Å². The molecule has 1 saturated heterocycles. The van der Waals surface area contributed by atoms with Gasteiger partial charge in [-0.05, 0) is 50.6 Å². The molecule has 0 aromatic heterocycles. The van der Waals surface area contributed by atoms with Crippen LogP contribution in [-0.2, 0) is 5.54 Å². The Bertz CT molecular complexity index is 420. The number of rotatable bonds is 4. The Morgan fingerprint density at radius 1 is 1.10 bits per heavy atom. The monoisotopic (exact) mass is 272 g/mol. The van der Waals surface area contributed by atoms with E-state index in [2.05, 4.69) is 42.2 Å². The lowest BCUT2D eigenvalue weighted by molar-refractivity contribution is 0.156. The molecule has 0 spiro atoms. The fourth-order valence-electron chi connectivity index (χ4n) is 4.26. The quantitative estimate of drug-likeness (QED) is 0.908. The zero-order chi connectivity index (χ0) is 14.0. The third-order valence-corrected chi connectivity index (χ3v) is 5.32. The molecule has 1 aliphatic carbocycles.